The van der Waals surface area contributed by atoms with Crippen molar-refractivity contribution in [1.82, 2.24) is 9.80 Å². The zero-order chi connectivity index (χ0) is 13.8. The summed E-state index contributed by atoms with van der Waals surface area (Å²) in [6.07, 6.45) is 0.880. The summed E-state index contributed by atoms with van der Waals surface area (Å²) in [7, 11) is 0. The maximum Gasteiger partial charge on any atom is 0.219 e. The molecule has 1 fully saturated rings. The third-order valence-corrected chi connectivity index (χ3v) is 3.98. The molecule has 1 unspecified atom stereocenters. The Balaban J connectivity index is 2.11. The summed E-state index contributed by atoms with van der Waals surface area (Å²) in [5.74, 6) is 0.128. The van der Waals surface area contributed by atoms with E-state index in [4.69, 9.17) is 12.2 Å². The standard InChI is InChI=1S/C14H18N2OS2/c1-11(17)15-7-8-16(14(18)19)13(10-15)9-12-5-3-2-4-6-12/h2-6,13H,7-10H2,1H3,(H,18,19). The first-order chi connectivity index (χ1) is 9.08. The van der Waals surface area contributed by atoms with Crippen LogP contribution in [0.2, 0.25) is 0 Å². The van der Waals surface area contributed by atoms with E-state index in [0.29, 0.717) is 10.9 Å². The molecule has 3 nitrogen and oxygen atoms in total. The van der Waals surface area contributed by atoms with Gasteiger partial charge in [0.05, 0.1) is 6.04 Å². The number of piperazine rings is 1. The first-order valence-electron chi connectivity index (χ1n) is 6.37. The first-order valence-corrected chi connectivity index (χ1v) is 7.22. The quantitative estimate of drug-likeness (QED) is 0.666. The Bertz CT molecular complexity index is 464. The van der Waals surface area contributed by atoms with Gasteiger partial charge in [-0.2, -0.15) is 0 Å². The summed E-state index contributed by atoms with van der Waals surface area (Å²) in [6.45, 7) is 3.82. The Morgan fingerprint density at radius 2 is 2.05 bits per heavy atom. The first kappa shape index (κ1) is 14.3. The fourth-order valence-electron chi connectivity index (χ4n) is 2.45. The van der Waals surface area contributed by atoms with Crippen molar-refractivity contribution >= 4 is 35.1 Å². The summed E-state index contributed by atoms with van der Waals surface area (Å²) in [4.78, 5) is 15.5. The molecule has 1 atom stereocenters. The van der Waals surface area contributed by atoms with Gasteiger partial charge in [0, 0.05) is 26.6 Å². The van der Waals surface area contributed by atoms with E-state index in [1.165, 1.54) is 5.56 Å². The molecule has 0 spiro atoms. The number of carbonyl (C=O) groups excluding carboxylic acids is 1. The van der Waals surface area contributed by atoms with Crippen molar-refractivity contribution in [1.29, 1.82) is 0 Å². The van der Waals surface area contributed by atoms with Crippen molar-refractivity contribution in [3.8, 4) is 0 Å². The Labute approximate surface area is 125 Å². The van der Waals surface area contributed by atoms with Gasteiger partial charge in [-0.15, -0.1) is 12.6 Å². The lowest BCUT2D eigenvalue weighted by Crippen LogP contribution is -2.55. The second-order valence-electron chi connectivity index (χ2n) is 4.78. The minimum Gasteiger partial charge on any atom is -0.351 e. The third-order valence-electron chi connectivity index (χ3n) is 3.49. The summed E-state index contributed by atoms with van der Waals surface area (Å²) < 4.78 is 0.615. The van der Waals surface area contributed by atoms with Gasteiger partial charge in [0.2, 0.25) is 5.91 Å². The van der Waals surface area contributed by atoms with Crippen LogP contribution in [0.25, 0.3) is 0 Å². The Morgan fingerprint density at radius 1 is 1.37 bits per heavy atom. The minimum absolute atomic E-state index is 0.128. The predicted molar refractivity (Wildman–Crippen MR) is 84.5 cm³/mol. The molecule has 5 heteroatoms. The molecule has 1 amide bonds. The van der Waals surface area contributed by atoms with Crippen molar-refractivity contribution < 1.29 is 4.79 Å². The zero-order valence-corrected chi connectivity index (χ0v) is 12.7. The number of benzene rings is 1. The summed E-state index contributed by atoms with van der Waals surface area (Å²) in [5, 5.41) is 0. The number of thiocarbonyl (C=S) groups is 1. The normalized spacial score (nSPS) is 19.4. The lowest BCUT2D eigenvalue weighted by Gasteiger charge is -2.41. The molecule has 0 radical (unpaired) electrons. The smallest absolute Gasteiger partial charge is 0.219 e. The molecule has 1 aliphatic heterocycles. The molecule has 1 heterocycles. The average Bonchev–Trinajstić information content (AvgIpc) is 2.39. The van der Waals surface area contributed by atoms with E-state index in [2.05, 4.69) is 29.7 Å². The SMILES string of the molecule is CC(=O)N1CCN(C(=S)S)C(Cc2ccccc2)C1. The average molecular weight is 294 g/mol. The van der Waals surface area contributed by atoms with Gasteiger partial charge in [0.25, 0.3) is 0 Å². The fourth-order valence-corrected chi connectivity index (χ4v) is 2.96. The maximum atomic E-state index is 11.5. The van der Waals surface area contributed by atoms with Crippen molar-refractivity contribution in [2.45, 2.75) is 19.4 Å². The van der Waals surface area contributed by atoms with Gasteiger partial charge >= 0.3 is 0 Å². The molecule has 1 saturated heterocycles. The van der Waals surface area contributed by atoms with Crippen LogP contribution < -0.4 is 0 Å². The van der Waals surface area contributed by atoms with E-state index in [9.17, 15) is 4.79 Å². The van der Waals surface area contributed by atoms with Crippen LogP contribution in [0.1, 0.15) is 12.5 Å². The molecule has 19 heavy (non-hydrogen) atoms. The fraction of sp³-hybridized carbons (Fsp3) is 0.429. The Morgan fingerprint density at radius 3 is 2.63 bits per heavy atom. The van der Waals surface area contributed by atoms with E-state index in [-0.39, 0.29) is 11.9 Å². The van der Waals surface area contributed by atoms with E-state index < -0.39 is 0 Å². The summed E-state index contributed by atoms with van der Waals surface area (Å²) in [5.41, 5.74) is 1.26. The maximum absolute atomic E-state index is 11.5. The number of rotatable bonds is 2. The largest absolute Gasteiger partial charge is 0.351 e. The molecular weight excluding hydrogens is 276 g/mol. The second kappa shape index (κ2) is 6.39. The van der Waals surface area contributed by atoms with E-state index in [1.807, 2.05) is 23.1 Å². The number of hydrogen-bond donors (Lipinski definition) is 1. The van der Waals surface area contributed by atoms with Crippen molar-refractivity contribution in [3.05, 3.63) is 35.9 Å². The third kappa shape index (κ3) is 3.70. The van der Waals surface area contributed by atoms with Gasteiger partial charge in [0.1, 0.15) is 4.32 Å². The van der Waals surface area contributed by atoms with Crippen LogP contribution in [0.4, 0.5) is 0 Å². The highest BCUT2D eigenvalue weighted by molar-refractivity contribution is 8.10. The van der Waals surface area contributed by atoms with E-state index >= 15 is 0 Å². The highest BCUT2D eigenvalue weighted by Gasteiger charge is 2.28. The van der Waals surface area contributed by atoms with Crippen LogP contribution in [0.15, 0.2) is 30.3 Å². The van der Waals surface area contributed by atoms with Crippen LogP contribution in [0.3, 0.4) is 0 Å². The molecule has 0 saturated carbocycles. The Hall–Kier alpha value is -1.07. The van der Waals surface area contributed by atoms with E-state index in [0.717, 1.165) is 19.5 Å². The van der Waals surface area contributed by atoms with Crippen LogP contribution in [0, 0.1) is 0 Å². The lowest BCUT2D eigenvalue weighted by molar-refractivity contribution is -0.131. The van der Waals surface area contributed by atoms with Gasteiger partial charge < -0.3 is 9.80 Å². The van der Waals surface area contributed by atoms with Crippen LogP contribution in [-0.4, -0.2) is 45.7 Å². The lowest BCUT2D eigenvalue weighted by atomic mass is 10.0. The number of amides is 1. The summed E-state index contributed by atoms with van der Waals surface area (Å²) in [6, 6.07) is 10.5. The number of thiol groups is 1. The zero-order valence-electron chi connectivity index (χ0n) is 11.0. The van der Waals surface area contributed by atoms with E-state index in [1.54, 1.807) is 6.92 Å². The second-order valence-corrected chi connectivity index (χ2v) is 5.90. The monoisotopic (exact) mass is 294 g/mol. The molecule has 0 aromatic heterocycles. The summed E-state index contributed by atoms with van der Waals surface area (Å²) >= 11 is 9.50. The molecule has 2 rings (SSSR count). The number of hydrogen-bond acceptors (Lipinski definition) is 2. The van der Waals surface area contributed by atoms with Gasteiger partial charge in [0.15, 0.2) is 0 Å². The van der Waals surface area contributed by atoms with Gasteiger partial charge in [-0.1, -0.05) is 42.5 Å². The molecule has 1 aromatic rings. The molecule has 0 N–H and O–H groups in total. The van der Waals surface area contributed by atoms with Gasteiger partial charge in [-0.05, 0) is 12.0 Å². The van der Waals surface area contributed by atoms with Crippen molar-refractivity contribution in [2.75, 3.05) is 19.6 Å². The van der Waals surface area contributed by atoms with Gasteiger partial charge in [-0.25, -0.2) is 0 Å². The molecular formula is C14H18N2OS2. The molecule has 0 aliphatic carbocycles. The molecule has 1 aromatic carbocycles. The number of nitrogens with zero attached hydrogens (tertiary/aromatic N) is 2. The van der Waals surface area contributed by atoms with Crippen molar-refractivity contribution in [2.24, 2.45) is 0 Å². The number of carbonyl (C=O) groups is 1. The Kier molecular flexibility index (Phi) is 4.82. The predicted octanol–water partition coefficient (Wildman–Crippen LogP) is 1.98. The molecule has 102 valence electrons. The van der Waals surface area contributed by atoms with Crippen LogP contribution >= 0.6 is 24.8 Å². The van der Waals surface area contributed by atoms with Crippen LogP contribution in [-0.2, 0) is 11.2 Å². The topological polar surface area (TPSA) is 23.6 Å². The van der Waals surface area contributed by atoms with Gasteiger partial charge in [-0.3, -0.25) is 4.79 Å². The minimum atomic E-state index is 0.128. The molecule has 0 bridgehead atoms. The van der Waals surface area contributed by atoms with Crippen LogP contribution in [0.5, 0.6) is 0 Å². The highest BCUT2D eigenvalue weighted by atomic mass is 32.1. The molecule has 1 aliphatic rings. The highest BCUT2D eigenvalue weighted by Crippen LogP contribution is 2.17. The van der Waals surface area contributed by atoms with Crippen molar-refractivity contribution in [3.63, 3.8) is 0 Å².